The van der Waals surface area contributed by atoms with E-state index < -0.39 is 0 Å². The summed E-state index contributed by atoms with van der Waals surface area (Å²) < 4.78 is 5.13. The smallest absolute Gasteiger partial charge is 0.258 e. The summed E-state index contributed by atoms with van der Waals surface area (Å²) in [5.41, 5.74) is 2.85. The molecule has 0 aliphatic heterocycles. The molecule has 0 saturated carbocycles. The van der Waals surface area contributed by atoms with Gasteiger partial charge in [-0.15, -0.1) is 0 Å². The van der Waals surface area contributed by atoms with Crippen LogP contribution >= 0.6 is 27.5 Å². The molecule has 2 amide bonds. The number of hydrogen-bond acceptors (Lipinski definition) is 5. The maximum Gasteiger partial charge on any atom is 0.258 e. The Kier molecular flexibility index (Phi) is 5.95. The fourth-order valence-corrected chi connectivity index (χ4v) is 3.44. The molecule has 0 radical (unpaired) electrons. The van der Waals surface area contributed by atoms with Crippen molar-refractivity contribution in [2.24, 2.45) is 0 Å². The molecule has 2 rings (SSSR count). The minimum Gasteiger partial charge on any atom is -0.378 e. The van der Waals surface area contributed by atoms with E-state index in [-0.39, 0.29) is 18.4 Å². The second-order valence-corrected chi connectivity index (χ2v) is 7.08. The molecule has 24 heavy (non-hydrogen) atoms. The van der Waals surface area contributed by atoms with Gasteiger partial charge >= 0.3 is 0 Å². The number of amides is 2. The van der Waals surface area contributed by atoms with Crippen molar-refractivity contribution in [2.45, 2.75) is 13.8 Å². The molecule has 6 nitrogen and oxygen atoms in total. The lowest BCUT2D eigenvalue weighted by Crippen LogP contribution is -2.35. The van der Waals surface area contributed by atoms with Crippen LogP contribution in [0.2, 0.25) is 0 Å². The van der Waals surface area contributed by atoms with Crippen LogP contribution in [-0.4, -0.2) is 41.7 Å². The largest absolute Gasteiger partial charge is 0.378 e. The van der Waals surface area contributed by atoms with E-state index in [4.69, 9.17) is 0 Å². The second-order valence-electron chi connectivity index (χ2n) is 5.39. The molecule has 0 bridgehead atoms. The first-order valence-electron chi connectivity index (χ1n) is 7.29. The van der Waals surface area contributed by atoms with E-state index in [1.54, 1.807) is 21.0 Å². The van der Waals surface area contributed by atoms with E-state index >= 15 is 0 Å². The predicted octanol–water partition coefficient (Wildman–Crippen LogP) is 3.27. The Morgan fingerprint density at radius 3 is 2.67 bits per heavy atom. The van der Waals surface area contributed by atoms with Crippen molar-refractivity contribution >= 4 is 50.0 Å². The van der Waals surface area contributed by atoms with Crippen LogP contribution in [0.1, 0.15) is 21.6 Å². The molecule has 0 fully saturated rings. The zero-order valence-electron chi connectivity index (χ0n) is 13.9. The summed E-state index contributed by atoms with van der Waals surface area (Å²) in [7, 11) is 3.35. The summed E-state index contributed by atoms with van der Waals surface area (Å²) >= 11 is 4.62. The van der Waals surface area contributed by atoms with Gasteiger partial charge in [-0.05, 0) is 49.1 Å². The molecule has 2 aromatic rings. The average Bonchev–Trinajstić information content (AvgIpc) is 2.90. The summed E-state index contributed by atoms with van der Waals surface area (Å²) in [6.45, 7) is 3.66. The number of aryl methyl sites for hydroxylation is 2. The van der Waals surface area contributed by atoms with Crippen LogP contribution in [0.4, 0.5) is 10.7 Å². The molecule has 0 atom stereocenters. The summed E-state index contributed by atoms with van der Waals surface area (Å²) in [5, 5.41) is 6.49. The summed E-state index contributed by atoms with van der Waals surface area (Å²) in [4.78, 5) is 26.2. The Labute approximate surface area is 153 Å². The Morgan fingerprint density at radius 1 is 1.33 bits per heavy atom. The van der Waals surface area contributed by atoms with Crippen molar-refractivity contribution < 1.29 is 9.59 Å². The number of rotatable bonds is 5. The molecule has 128 valence electrons. The van der Waals surface area contributed by atoms with Gasteiger partial charge in [-0.1, -0.05) is 15.9 Å². The van der Waals surface area contributed by atoms with Crippen LogP contribution in [0.3, 0.4) is 0 Å². The third-order valence-electron chi connectivity index (χ3n) is 3.49. The molecule has 8 heteroatoms. The molecule has 0 aliphatic carbocycles. The number of nitrogens with one attached hydrogen (secondary N) is 2. The van der Waals surface area contributed by atoms with Gasteiger partial charge in [0.2, 0.25) is 5.91 Å². The van der Waals surface area contributed by atoms with E-state index in [1.165, 1.54) is 16.4 Å². The number of nitrogens with zero attached hydrogens (tertiary/aromatic N) is 2. The molecule has 1 heterocycles. The summed E-state index contributed by atoms with van der Waals surface area (Å²) in [5.74, 6) is -0.476. The number of halogens is 1. The van der Waals surface area contributed by atoms with Crippen LogP contribution in [0.25, 0.3) is 0 Å². The van der Waals surface area contributed by atoms with Crippen molar-refractivity contribution in [1.82, 2.24) is 9.27 Å². The number of carbonyl (C=O) groups is 2. The van der Waals surface area contributed by atoms with Crippen molar-refractivity contribution in [3.05, 3.63) is 39.5 Å². The molecule has 0 aliphatic rings. The topological polar surface area (TPSA) is 74.3 Å². The monoisotopic (exact) mass is 410 g/mol. The first kappa shape index (κ1) is 18.4. The van der Waals surface area contributed by atoms with Crippen LogP contribution in [0.5, 0.6) is 0 Å². The molecular formula is C16H19BrN4O2S. The second kappa shape index (κ2) is 7.76. The van der Waals surface area contributed by atoms with Gasteiger partial charge in [0.05, 0.1) is 17.8 Å². The standard InChI is InChI=1S/C16H19BrN4O2S/c1-9-7-11(17)5-6-12(9)19-13(22)8-21(4)16(23)14-10(2)20-24-15(14)18-3/h5-7,18H,8H2,1-4H3,(H,19,22). The van der Waals surface area contributed by atoms with E-state index in [0.717, 1.165) is 15.7 Å². The van der Waals surface area contributed by atoms with E-state index in [9.17, 15) is 9.59 Å². The maximum absolute atomic E-state index is 12.6. The normalized spacial score (nSPS) is 10.4. The van der Waals surface area contributed by atoms with Gasteiger partial charge in [0.25, 0.3) is 5.91 Å². The Hall–Kier alpha value is -1.93. The van der Waals surface area contributed by atoms with Gasteiger partial charge < -0.3 is 15.5 Å². The lowest BCUT2D eigenvalue weighted by molar-refractivity contribution is -0.116. The van der Waals surface area contributed by atoms with Crippen LogP contribution in [0.15, 0.2) is 22.7 Å². The molecular weight excluding hydrogens is 392 g/mol. The SMILES string of the molecule is CNc1snc(C)c1C(=O)N(C)CC(=O)Nc1ccc(Br)cc1C. The first-order chi connectivity index (χ1) is 11.3. The summed E-state index contributed by atoms with van der Waals surface area (Å²) in [6, 6.07) is 5.60. The van der Waals surface area contributed by atoms with Gasteiger partial charge in [-0.2, -0.15) is 4.37 Å². The van der Waals surface area contributed by atoms with Gasteiger partial charge in [0, 0.05) is 24.3 Å². The fraction of sp³-hybridized carbons (Fsp3) is 0.312. The highest BCUT2D eigenvalue weighted by atomic mass is 79.9. The van der Waals surface area contributed by atoms with Gasteiger partial charge in [0.1, 0.15) is 5.00 Å². The van der Waals surface area contributed by atoms with Crippen molar-refractivity contribution in [2.75, 3.05) is 31.3 Å². The highest BCUT2D eigenvalue weighted by Crippen LogP contribution is 2.25. The number of aromatic nitrogens is 1. The first-order valence-corrected chi connectivity index (χ1v) is 8.85. The van der Waals surface area contributed by atoms with Crippen molar-refractivity contribution in [3.63, 3.8) is 0 Å². The number of carbonyl (C=O) groups excluding carboxylic acids is 2. The third kappa shape index (κ3) is 4.12. The quantitative estimate of drug-likeness (QED) is 0.792. The minimum atomic E-state index is -0.247. The van der Waals surface area contributed by atoms with Gasteiger partial charge in [0.15, 0.2) is 0 Å². The maximum atomic E-state index is 12.6. The van der Waals surface area contributed by atoms with Crippen LogP contribution in [0, 0.1) is 13.8 Å². The van der Waals surface area contributed by atoms with Crippen LogP contribution < -0.4 is 10.6 Å². The highest BCUT2D eigenvalue weighted by molar-refractivity contribution is 9.10. The molecule has 0 saturated heterocycles. The number of hydrogen-bond donors (Lipinski definition) is 2. The zero-order valence-corrected chi connectivity index (χ0v) is 16.3. The van der Waals surface area contributed by atoms with E-state index in [2.05, 4.69) is 30.9 Å². The fourth-order valence-electron chi connectivity index (χ4n) is 2.23. The third-order valence-corrected chi connectivity index (χ3v) is 4.94. The van der Waals surface area contributed by atoms with Gasteiger partial charge in [-0.25, -0.2) is 0 Å². The van der Waals surface area contributed by atoms with Gasteiger partial charge in [-0.3, -0.25) is 9.59 Å². The molecule has 1 aromatic carbocycles. The number of benzene rings is 1. The molecule has 0 spiro atoms. The molecule has 1 aromatic heterocycles. The Bertz CT molecular complexity index is 775. The van der Waals surface area contributed by atoms with E-state index in [0.29, 0.717) is 16.3 Å². The predicted molar refractivity (Wildman–Crippen MR) is 101 cm³/mol. The lowest BCUT2D eigenvalue weighted by atomic mass is 10.2. The van der Waals surface area contributed by atoms with Crippen molar-refractivity contribution in [3.8, 4) is 0 Å². The minimum absolute atomic E-state index is 0.0349. The highest BCUT2D eigenvalue weighted by Gasteiger charge is 2.22. The Balaban J connectivity index is 2.05. The van der Waals surface area contributed by atoms with E-state index in [1.807, 2.05) is 25.1 Å². The van der Waals surface area contributed by atoms with Crippen LogP contribution in [-0.2, 0) is 4.79 Å². The lowest BCUT2D eigenvalue weighted by Gasteiger charge is -2.18. The Morgan fingerprint density at radius 2 is 2.04 bits per heavy atom. The number of anilines is 2. The summed E-state index contributed by atoms with van der Waals surface area (Å²) in [6.07, 6.45) is 0. The number of likely N-dealkylation sites (N-methyl/N-ethyl adjacent to an activating group) is 1. The molecule has 2 N–H and O–H groups in total. The molecule has 0 unspecified atom stereocenters. The average molecular weight is 411 g/mol. The van der Waals surface area contributed by atoms with Crippen molar-refractivity contribution in [1.29, 1.82) is 0 Å². The zero-order chi connectivity index (χ0) is 17.9.